The third-order valence-electron chi connectivity index (χ3n) is 3.14. The molecule has 108 valence electrons. The number of piperazine rings is 1. The van der Waals surface area contributed by atoms with Crippen molar-refractivity contribution in [1.82, 2.24) is 14.8 Å². The number of nitrogens with one attached hydrogen (secondary N) is 1. The first-order valence-corrected chi connectivity index (χ1v) is 6.93. The van der Waals surface area contributed by atoms with Crippen molar-refractivity contribution in [2.45, 2.75) is 6.92 Å². The molecule has 1 aliphatic rings. The molecular weight excluding hydrogens is 278 g/mol. The molecule has 20 heavy (non-hydrogen) atoms. The number of rotatable bonds is 2. The number of hydrogen-bond acceptors (Lipinski definition) is 4. The number of carbonyl (C=O) groups is 2. The Morgan fingerprint density at radius 3 is 2.55 bits per heavy atom. The second kappa shape index (κ2) is 6.51. The highest BCUT2D eigenvalue weighted by atomic mass is 32.1. The van der Waals surface area contributed by atoms with Gasteiger partial charge in [-0.2, -0.15) is 0 Å². The van der Waals surface area contributed by atoms with Crippen molar-refractivity contribution in [3.8, 4) is 0 Å². The number of nitrogens with zero attached hydrogens (tertiary/aromatic N) is 2. The van der Waals surface area contributed by atoms with Crippen LogP contribution in [0.5, 0.6) is 0 Å². The van der Waals surface area contributed by atoms with Crippen LogP contribution in [0.4, 0.5) is 4.79 Å². The van der Waals surface area contributed by atoms with Gasteiger partial charge in [0.2, 0.25) is 0 Å². The van der Waals surface area contributed by atoms with Gasteiger partial charge < -0.3 is 19.5 Å². The molecule has 7 heteroatoms. The monoisotopic (exact) mass is 295 g/mol. The molecule has 2 rings (SSSR count). The molecule has 2 amide bonds. The fourth-order valence-corrected chi connectivity index (χ4v) is 2.29. The highest BCUT2D eigenvalue weighted by Crippen LogP contribution is 2.10. The number of pyridine rings is 1. The first kappa shape index (κ1) is 14.5. The van der Waals surface area contributed by atoms with E-state index in [0.29, 0.717) is 43.0 Å². The fraction of sp³-hybridized carbons (Fsp3) is 0.462. The van der Waals surface area contributed by atoms with Gasteiger partial charge >= 0.3 is 6.09 Å². The Morgan fingerprint density at radius 2 is 1.95 bits per heavy atom. The number of amides is 2. The molecule has 0 atom stereocenters. The summed E-state index contributed by atoms with van der Waals surface area (Å²) in [5.41, 5.74) is 0.493. The SMILES string of the molecule is CCOC(=O)N1CCN(C(=O)c2ccc[nH]c2=S)CC1. The van der Waals surface area contributed by atoms with E-state index in [4.69, 9.17) is 17.0 Å². The minimum Gasteiger partial charge on any atom is -0.450 e. The lowest BCUT2D eigenvalue weighted by Crippen LogP contribution is -2.50. The average Bonchev–Trinajstić information content (AvgIpc) is 2.47. The topological polar surface area (TPSA) is 65.6 Å². The molecule has 1 aromatic heterocycles. The smallest absolute Gasteiger partial charge is 0.409 e. The maximum Gasteiger partial charge on any atom is 0.409 e. The molecule has 0 radical (unpaired) electrons. The molecule has 1 aromatic rings. The second-order valence-corrected chi connectivity index (χ2v) is 4.80. The number of hydrogen-bond donors (Lipinski definition) is 1. The van der Waals surface area contributed by atoms with Gasteiger partial charge in [0.05, 0.1) is 12.2 Å². The Balaban J connectivity index is 1.97. The average molecular weight is 295 g/mol. The molecule has 6 nitrogen and oxygen atoms in total. The third-order valence-corrected chi connectivity index (χ3v) is 3.48. The summed E-state index contributed by atoms with van der Waals surface area (Å²) < 4.78 is 5.38. The van der Waals surface area contributed by atoms with Crippen molar-refractivity contribution < 1.29 is 14.3 Å². The number of carbonyl (C=O) groups excluding carboxylic acids is 2. The van der Waals surface area contributed by atoms with Gasteiger partial charge in [-0.3, -0.25) is 4.79 Å². The molecule has 0 saturated carbocycles. The van der Waals surface area contributed by atoms with Crippen LogP contribution < -0.4 is 0 Å². The van der Waals surface area contributed by atoms with Crippen molar-refractivity contribution >= 4 is 24.2 Å². The lowest BCUT2D eigenvalue weighted by molar-refractivity contribution is 0.0569. The highest BCUT2D eigenvalue weighted by Gasteiger charge is 2.25. The quantitative estimate of drug-likeness (QED) is 0.843. The van der Waals surface area contributed by atoms with E-state index < -0.39 is 0 Å². The molecule has 2 heterocycles. The van der Waals surface area contributed by atoms with Crippen LogP contribution in [0.25, 0.3) is 0 Å². The van der Waals surface area contributed by atoms with E-state index in [1.165, 1.54) is 0 Å². The summed E-state index contributed by atoms with van der Waals surface area (Å²) in [6.45, 7) is 4.07. The number of ether oxygens (including phenoxy) is 1. The standard InChI is InChI=1S/C13H17N3O3S/c1-2-19-13(18)16-8-6-15(7-9-16)12(17)10-4-3-5-14-11(10)20/h3-5H,2,6-9H2,1H3,(H,14,20). The van der Waals surface area contributed by atoms with Crippen LogP contribution in [-0.4, -0.2) is 59.6 Å². The summed E-state index contributed by atoms with van der Waals surface area (Å²) in [5, 5.41) is 0. The molecule has 0 aromatic carbocycles. The zero-order chi connectivity index (χ0) is 14.5. The number of aromatic amines is 1. The Bertz CT molecular complexity index is 550. The van der Waals surface area contributed by atoms with Gasteiger partial charge in [-0.15, -0.1) is 0 Å². The minimum atomic E-state index is -0.323. The van der Waals surface area contributed by atoms with Gasteiger partial charge in [-0.25, -0.2) is 4.79 Å². The molecule has 1 fully saturated rings. The van der Waals surface area contributed by atoms with E-state index in [1.54, 1.807) is 35.1 Å². The summed E-state index contributed by atoms with van der Waals surface area (Å²) in [6.07, 6.45) is 1.37. The Labute approximate surface area is 122 Å². The van der Waals surface area contributed by atoms with Crippen LogP contribution in [0, 0.1) is 4.64 Å². The van der Waals surface area contributed by atoms with E-state index in [1.807, 2.05) is 0 Å². The molecule has 0 bridgehead atoms. The summed E-state index contributed by atoms with van der Waals surface area (Å²) in [5.74, 6) is -0.102. The van der Waals surface area contributed by atoms with Gasteiger partial charge in [0.25, 0.3) is 5.91 Å². The molecule has 0 spiro atoms. The lowest BCUT2D eigenvalue weighted by Gasteiger charge is -2.34. The molecule has 1 aliphatic heterocycles. The second-order valence-electron chi connectivity index (χ2n) is 4.39. The zero-order valence-corrected chi connectivity index (χ0v) is 12.1. The van der Waals surface area contributed by atoms with Gasteiger partial charge in [0.15, 0.2) is 0 Å². The zero-order valence-electron chi connectivity index (χ0n) is 11.3. The fourth-order valence-electron chi connectivity index (χ4n) is 2.07. The van der Waals surface area contributed by atoms with Crippen molar-refractivity contribution in [1.29, 1.82) is 0 Å². The Kier molecular flexibility index (Phi) is 4.73. The Morgan fingerprint density at radius 1 is 1.30 bits per heavy atom. The van der Waals surface area contributed by atoms with E-state index in [0.717, 1.165) is 0 Å². The summed E-state index contributed by atoms with van der Waals surface area (Å²) in [6, 6.07) is 3.46. The van der Waals surface area contributed by atoms with Gasteiger partial charge in [-0.1, -0.05) is 12.2 Å². The van der Waals surface area contributed by atoms with E-state index >= 15 is 0 Å². The summed E-state index contributed by atoms with van der Waals surface area (Å²) >= 11 is 5.11. The molecule has 1 saturated heterocycles. The molecular formula is C13H17N3O3S. The predicted molar refractivity (Wildman–Crippen MR) is 76.1 cm³/mol. The van der Waals surface area contributed by atoms with Crippen LogP contribution in [0.3, 0.4) is 0 Å². The van der Waals surface area contributed by atoms with Crippen molar-refractivity contribution in [3.63, 3.8) is 0 Å². The first-order valence-electron chi connectivity index (χ1n) is 6.52. The highest BCUT2D eigenvalue weighted by molar-refractivity contribution is 7.71. The van der Waals surface area contributed by atoms with Crippen LogP contribution in [-0.2, 0) is 4.74 Å². The Hall–Kier alpha value is -1.89. The minimum absolute atomic E-state index is 0.102. The van der Waals surface area contributed by atoms with Crippen LogP contribution in [0.2, 0.25) is 0 Å². The van der Waals surface area contributed by atoms with E-state index in [9.17, 15) is 9.59 Å². The van der Waals surface area contributed by atoms with Crippen LogP contribution >= 0.6 is 12.2 Å². The van der Waals surface area contributed by atoms with E-state index in [2.05, 4.69) is 4.98 Å². The molecule has 0 aliphatic carbocycles. The van der Waals surface area contributed by atoms with Gasteiger partial charge in [-0.05, 0) is 19.1 Å². The third kappa shape index (κ3) is 3.16. The maximum atomic E-state index is 12.3. The number of aromatic nitrogens is 1. The lowest BCUT2D eigenvalue weighted by atomic mass is 10.2. The molecule has 1 N–H and O–H groups in total. The number of H-pyrrole nitrogens is 1. The molecule has 0 unspecified atom stereocenters. The normalized spacial score (nSPS) is 15.1. The summed E-state index contributed by atoms with van der Waals surface area (Å²) in [7, 11) is 0. The maximum absolute atomic E-state index is 12.3. The van der Waals surface area contributed by atoms with Gasteiger partial charge in [0, 0.05) is 32.4 Å². The first-order chi connectivity index (χ1) is 9.63. The predicted octanol–water partition coefficient (Wildman–Crippen LogP) is 1.66. The van der Waals surface area contributed by atoms with Gasteiger partial charge in [0.1, 0.15) is 4.64 Å². The van der Waals surface area contributed by atoms with E-state index in [-0.39, 0.29) is 12.0 Å². The largest absolute Gasteiger partial charge is 0.450 e. The van der Waals surface area contributed by atoms with Crippen molar-refractivity contribution in [2.75, 3.05) is 32.8 Å². The summed E-state index contributed by atoms with van der Waals surface area (Å²) in [4.78, 5) is 30.1. The van der Waals surface area contributed by atoms with Crippen molar-refractivity contribution in [3.05, 3.63) is 28.5 Å². The van der Waals surface area contributed by atoms with Crippen LogP contribution in [0.1, 0.15) is 17.3 Å². The van der Waals surface area contributed by atoms with Crippen LogP contribution in [0.15, 0.2) is 18.3 Å². The van der Waals surface area contributed by atoms with Crippen molar-refractivity contribution in [2.24, 2.45) is 0 Å².